The van der Waals surface area contributed by atoms with Crippen molar-refractivity contribution in [3.8, 4) is 11.8 Å². The van der Waals surface area contributed by atoms with E-state index in [1.165, 1.54) is 0 Å². The molecule has 2 aromatic carbocycles. The lowest BCUT2D eigenvalue weighted by molar-refractivity contribution is -0.322. The van der Waals surface area contributed by atoms with Gasteiger partial charge in [-0.05, 0) is 41.9 Å². The number of rotatable bonds is 10. The minimum Gasteiger partial charge on any atom is -0.440 e. The Balaban J connectivity index is 1.38. The highest BCUT2D eigenvalue weighted by atomic mass is 16.7. The lowest BCUT2D eigenvalue weighted by Gasteiger charge is -2.62. The Morgan fingerprint density at radius 2 is 1.62 bits per heavy atom. The second kappa shape index (κ2) is 10.8. The van der Waals surface area contributed by atoms with Crippen molar-refractivity contribution in [2.75, 3.05) is 13.6 Å². The van der Waals surface area contributed by atoms with E-state index in [1.54, 1.807) is 0 Å². The lowest BCUT2D eigenvalue weighted by atomic mass is 9.53. The summed E-state index contributed by atoms with van der Waals surface area (Å²) in [4.78, 5) is 13.0. The van der Waals surface area contributed by atoms with E-state index in [2.05, 4.69) is 18.8 Å². The first kappa shape index (κ1) is 25.7. The maximum atomic E-state index is 13.0. The van der Waals surface area contributed by atoms with E-state index in [0.29, 0.717) is 19.6 Å². The van der Waals surface area contributed by atoms with Crippen LogP contribution in [0.4, 0.5) is 0 Å². The largest absolute Gasteiger partial charge is 0.440 e. The molecule has 2 aromatic rings. The Morgan fingerprint density at radius 3 is 2.30 bits per heavy atom. The molecule has 1 saturated heterocycles. The summed E-state index contributed by atoms with van der Waals surface area (Å²) >= 11 is 0. The molecule has 3 aliphatic rings. The molecule has 6 nitrogen and oxygen atoms in total. The van der Waals surface area contributed by atoms with E-state index in [0.717, 1.165) is 17.5 Å². The second-order valence-electron chi connectivity index (χ2n) is 10.4. The predicted molar refractivity (Wildman–Crippen MR) is 138 cm³/mol. The normalized spacial score (nSPS) is 32.0. The fourth-order valence-electron chi connectivity index (χ4n) is 6.03. The SMILES string of the molecule is CC1CC[C@]2(OCOCc3ccccc3)C3(C)C=CC#CC2(OC(=O)C3)C1OCOCc1ccccc1. The van der Waals surface area contributed by atoms with Gasteiger partial charge >= 0.3 is 5.97 Å². The smallest absolute Gasteiger partial charge is 0.308 e. The molecule has 5 rings (SSSR count). The van der Waals surface area contributed by atoms with Crippen molar-refractivity contribution in [3.05, 3.63) is 83.9 Å². The minimum absolute atomic E-state index is 0.0465. The predicted octanol–water partition coefficient (Wildman–Crippen LogP) is 5.17. The van der Waals surface area contributed by atoms with Gasteiger partial charge in [-0.25, -0.2) is 0 Å². The maximum Gasteiger partial charge on any atom is 0.308 e. The van der Waals surface area contributed by atoms with Crippen molar-refractivity contribution >= 4 is 5.97 Å². The molecule has 1 saturated carbocycles. The Kier molecular flexibility index (Phi) is 7.50. The minimum atomic E-state index is -1.29. The number of hydrogen-bond acceptors (Lipinski definition) is 6. The monoisotopic (exact) mass is 502 g/mol. The summed E-state index contributed by atoms with van der Waals surface area (Å²) in [5.74, 6) is 6.16. The summed E-state index contributed by atoms with van der Waals surface area (Å²) in [6.07, 6.45) is 4.97. The molecule has 2 bridgehead atoms. The molecule has 194 valence electrons. The Hall–Kier alpha value is -2.95. The fraction of sp³-hybridized carbons (Fsp3) is 0.452. The number of benzene rings is 2. The van der Waals surface area contributed by atoms with E-state index in [-0.39, 0.29) is 31.9 Å². The van der Waals surface area contributed by atoms with Crippen molar-refractivity contribution in [2.24, 2.45) is 11.3 Å². The third-order valence-corrected chi connectivity index (χ3v) is 7.91. The van der Waals surface area contributed by atoms with Crippen LogP contribution in [-0.2, 0) is 41.7 Å². The maximum absolute atomic E-state index is 13.0. The molecule has 0 radical (unpaired) electrons. The summed E-state index contributed by atoms with van der Waals surface area (Å²) in [5, 5.41) is 0. The van der Waals surface area contributed by atoms with E-state index >= 15 is 0 Å². The van der Waals surface area contributed by atoms with Crippen molar-refractivity contribution in [1.29, 1.82) is 0 Å². The van der Waals surface area contributed by atoms with Crippen molar-refractivity contribution in [1.82, 2.24) is 0 Å². The summed E-state index contributed by atoms with van der Waals surface area (Å²) in [6, 6.07) is 19.9. The number of hydrogen-bond donors (Lipinski definition) is 0. The zero-order chi connectivity index (χ0) is 25.8. The van der Waals surface area contributed by atoms with Crippen LogP contribution in [-0.4, -0.2) is 36.9 Å². The van der Waals surface area contributed by atoms with Gasteiger partial charge in [0.15, 0.2) is 0 Å². The molecule has 1 aliphatic heterocycles. The van der Waals surface area contributed by atoms with Crippen LogP contribution in [0.1, 0.15) is 44.2 Å². The fourth-order valence-corrected chi connectivity index (χ4v) is 6.03. The molecule has 0 spiro atoms. The summed E-state index contributed by atoms with van der Waals surface area (Å²) < 4.78 is 31.0. The topological polar surface area (TPSA) is 63.2 Å². The zero-order valence-corrected chi connectivity index (χ0v) is 21.5. The number of ether oxygens (including phenoxy) is 5. The summed E-state index contributed by atoms with van der Waals surface area (Å²) in [7, 11) is 0. The van der Waals surface area contributed by atoms with Gasteiger partial charge in [0.1, 0.15) is 25.3 Å². The van der Waals surface area contributed by atoms with Gasteiger partial charge in [-0.15, -0.1) is 0 Å². The van der Waals surface area contributed by atoms with Crippen LogP contribution in [0.2, 0.25) is 0 Å². The average molecular weight is 503 g/mol. The highest BCUT2D eigenvalue weighted by Crippen LogP contribution is 2.60. The van der Waals surface area contributed by atoms with Gasteiger partial charge in [-0.1, -0.05) is 86.5 Å². The van der Waals surface area contributed by atoms with Gasteiger partial charge in [-0.3, -0.25) is 4.79 Å². The molecule has 0 amide bonds. The number of allylic oxidation sites excluding steroid dienone is 1. The van der Waals surface area contributed by atoms with Crippen LogP contribution in [0.3, 0.4) is 0 Å². The number of carbonyl (C=O) groups is 1. The van der Waals surface area contributed by atoms with Crippen LogP contribution in [0.25, 0.3) is 0 Å². The van der Waals surface area contributed by atoms with Gasteiger partial charge in [0.05, 0.1) is 19.6 Å². The molecular weight excluding hydrogens is 468 g/mol. The van der Waals surface area contributed by atoms with Crippen LogP contribution in [0.15, 0.2) is 72.8 Å². The first-order valence-electron chi connectivity index (χ1n) is 12.9. The summed E-state index contributed by atoms with van der Waals surface area (Å²) in [5.41, 5.74) is -0.747. The molecule has 2 aliphatic carbocycles. The third-order valence-electron chi connectivity index (χ3n) is 7.91. The van der Waals surface area contributed by atoms with Gasteiger partial charge in [0.25, 0.3) is 0 Å². The highest BCUT2D eigenvalue weighted by Gasteiger charge is 2.73. The highest BCUT2D eigenvalue weighted by molar-refractivity contribution is 5.75. The molecule has 1 heterocycles. The Bertz CT molecular complexity index is 1170. The van der Waals surface area contributed by atoms with Crippen LogP contribution >= 0.6 is 0 Å². The molecule has 0 aromatic heterocycles. The molecule has 6 heteroatoms. The Labute approximate surface area is 218 Å². The first-order valence-corrected chi connectivity index (χ1v) is 12.9. The number of carbonyl (C=O) groups excluding carboxylic acids is 1. The van der Waals surface area contributed by atoms with Crippen molar-refractivity contribution in [3.63, 3.8) is 0 Å². The molecule has 2 fully saturated rings. The van der Waals surface area contributed by atoms with Crippen LogP contribution < -0.4 is 0 Å². The lowest BCUT2D eigenvalue weighted by Crippen LogP contribution is -2.76. The first-order chi connectivity index (χ1) is 18.0. The standard InChI is InChI=1S/C31H34O6/c1-24-15-18-31(36-23-34-21-26-13-7-4-8-14-26)29(2)16-9-10-17-30(31,37-27(32)19-29)28(24)35-22-33-20-25-11-5-3-6-12-25/h3-9,11-14,16,24,28H,15,18-23H2,1-2H3/t24?,28?,29?,30?,31-/m0/s1. The summed E-state index contributed by atoms with van der Waals surface area (Å²) in [6.45, 7) is 5.09. The molecule has 0 N–H and O–H groups in total. The molecule has 5 atom stereocenters. The quantitative estimate of drug-likeness (QED) is 0.193. The van der Waals surface area contributed by atoms with Crippen LogP contribution in [0.5, 0.6) is 0 Å². The second-order valence-corrected chi connectivity index (χ2v) is 10.4. The number of esters is 1. The molecule has 4 unspecified atom stereocenters. The van der Waals surface area contributed by atoms with E-state index in [9.17, 15) is 4.79 Å². The molecule has 37 heavy (non-hydrogen) atoms. The van der Waals surface area contributed by atoms with Crippen molar-refractivity contribution in [2.45, 2.75) is 63.6 Å². The third kappa shape index (κ3) is 4.85. The van der Waals surface area contributed by atoms with Gasteiger partial charge < -0.3 is 23.7 Å². The molecular formula is C31H34O6. The van der Waals surface area contributed by atoms with Gasteiger partial charge in [0, 0.05) is 5.41 Å². The Morgan fingerprint density at radius 1 is 0.973 bits per heavy atom. The van der Waals surface area contributed by atoms with E-state index < -0.39 is 22.7 Å². The van der Waals surface area contributed by atoms with E-state index in [4.69, 9.17) is 23.7 Å². The van der Waals surface area contributed by atoms with E-state index in [1.807, 2.05) is 79.7 Å². The van der Waals surface area contributed by atoms with Gasteiger partial charge in [0.2, 0.25) is 5.60 Å². The van der Waals surface area contributed by atoms with Gasteiger partial charge in [-0.2, -0.15) is 0 Å². The average Bonchev–Trinajstić information content (AvgIpc) is 2.96. The van der Waals surface area contributed by atoms with Crippen molar-refractivity contribution < 1.29 is 28.5 Å². The zero-order valence-electron chi connectivity index (χ0n) is 21.5. The van der Waals surface area contributed by atoms with Crippen LogP contribution in [0, 0.1) is 23.2 Å².